The summed E-state index contributed by atoms with van der Waals surface area (Å²) in [4.78, 5) is 35.5. The molecule has 1 amide bonds. The van der Waals surface area contributed by atoms with Crippen molar-refractivity contribution >= 4 is 17.7 Å². The molecule has 1 N–H and O–H groups in total. The van der Waals surface area contributed by atoms with Crippen molar-refractivity contribution in [3.63, 3.8) is 0 Å². The number of Topliss-reactive ketones (excluding diaryl/α,β-unsaturated/α-hetero) is 1. The fourth-order valence-electron chi connectivity index (χ4n) is 2.05. The minimum atomic E-state index is -1.12. The third-order valence-electron chi connectivity index (χ3n) is 2.82. The lowest BCUT2D eigenvalue weighted by Gasteiger charge is -2.32. The van der Waals surface area contributed by atoms with Crippen molar-refractivity contribution in [1.29, 1.82) is 0 Å². The van der Waals surface area contributed by atoms with E-state index in [0.717, 1.165) is 4.90 Å². The second-order valence-electron chi connectivity index (χ2n) is 3.90. The maximum absolute atomic E-state index is 11.8. The average molecular weight is 233 g/mol. The molecule has 1 heterocycles. The maximum Gasteiger partial charge on any atom is 0.331 e. The van der Waals surface area contributed by atoms with Gasteiger partial charge in [0.1, 0.15) is 0 Å². The van der Waals surface area contributed by atoms with E-state index in [1.54, 1.807) is 24.3 Å². The van der Waals surface area contributed by atoms with Crippen molar-refractivity contribution in [1.82, 2.24) is 4.90 Å². The third kappa shape index (κ3) is 1.80. The highest BCUT2D eigenvalue weighted by atomic mass is 16.4. The van der Waals surface area contributed by atoms with Crippen molar-refractivity contribution in [3.8, 4) is 0 Å². The second-order valence-corrected chi connectivity index (χ2v) is 3.90. The number of benzene rings is 1. The Bertz CT molecular complexity index is 509. The summed E-state index contributed by atoms with van der Waals surface area (Å²) in [6, 6.07) is 5.43. The van der Waals surface area contributed by atoms with Crippen LogP contribution in [0, 0.1) is 0 Å². The molecule has 5 heteroatoms. The quantitative estimate of drug-likeness (QED) is 0.780. The monoisotopic (exact) mass is 233 g/mol. The second kappa shape index (κ2) is 4.01. The van der Waals surface area contributed by atoms with Crippen LogP contribution in [0.5, 0.6) is 0 Å². The fraction of sp³-hybridized carbons (Fsp3) is 0.250. The summed E-state index contributed by atoms with van der Waals surface area (Å²) in [6.45, 7) is 1.08. The summed E-state index contributed by atoms with van der Waals surface area (Å²) in [5, 5.41) is 9.19. The Morgan fingerprint density at radius 1 is 1.35 bits per heavy atom. The predicted molar refractivity (Wildman–Crippen MR) is 58.5 cm³/mol. The van der Waals surface area contributed by atoms with Crippen molar-refractivity contribution in [2.45, 2.75) is 13.0 Å². The molecule has 88 valence electrons. The normalized spacial score (nSPS) is 18.8. The van der Waals surface area contributed by atoms with E-state index in [0.29, 0.717) is 11.1 Å². The molecule has 1 atom stereocenters. The van der Waals surface area contributed by atoms with E-state index < -0.39 is 17.9 Å². The molecule has 0 saturated carbocycles. The standard InChI is InChI=1S/C12H11NO4/c1-7(14)13-6-10(15)8-4-2-3-5-9(8)11(13)12(16)17/h2-5,11H,6H2,1H3,(H,16,17). The molecule has 1 aliphatic rings. The third-order valence-corrected chi connectivity index (χ3v) is 2.82. The van der Waals surface area contributed by atoms with Crippen LogP contribution in [0.15, 0.2) is 24.3 Å². The Kier molecular flexibility index (Phi) is 2.67. The molecule has 2 rings (SSSR count). The number of hydrogen-bond acceptors (Lipinski definition) is 3. The topological polar surface area (TPSA) is 74.7 Å². The number of carboxylic acids is 1. The first kappa shape index (κ1) is 11.3. The van der Waals surface area contributed by atoms with Crippen LogP contribution in [0.25, 0.3) is 0 Å². The van der Waals surface area contributed by atoms with Gasteiger partial charge >= 0.3 is 5.97 Å². The molecule has 0 bridgehead atoms. The first-order valence-corrected chi connectivity index (χ1v) is 5.14. The zero-order chi connectivity index (χ0) is 12.6. The van der Waals surface area contributed by atoms with E-state index in [-0.39, 0.29) is 12.3 Å². The molecule has 0 spiro atoms. The Balaban J connectivity index is 2.58. The van der Waals surface area contributed by atoms with Crippen molar-refractivity contribution < 1.29 is 19.5 Å². The van der Waals surface area contributed by atoms with Crippen LogP contribution in [0.3, 0.4) is 0 Å². The number of nitrogens with zero attached hydrogens (tertiary/aromatic N) is 1. The Hall–Kier alpha value is -2.17. The van der Waals surface area contributed by atoms with Crippen LogP contribution in [0.1, 0.15) is 28.9 Å². The number of fused-ring (bicyclic) bond motifs is 1. The summed E-state index contributed by atoms with van der Waals surface area (Å²) < 4.78 is 0. The average Bonchev–Trinajstić information content (AvgIpc) is 2.28. The molecule has 0 fully saturated rings. The highest BCUT2D eigenvalue weighted by molar-refractivity contribution is 6.04. The van der Waals surface area contributed by atoms with Crippen molar-refractivity contribution in [2.75, 3.05) is 6.54 Å². The molecule has 0 aliphatic carbocycles. The summed E-state index contributed by atoms with van der Waals surface area (Å²) in [7, 11) is 0. The molecule has 5 nitrogen and oxygen atoms in total. The van der Waals surface area contributed by atoms with Gasteiger partial charge in [0.25, 0.3) is 0 Å². The van der Waals surface area contributed by atoms with Gasteiger partial charge in [-0.3, -0.25) is 9.59 Å². The van der Waals surface area contributed by atoms with E-state index in [2.05, 4.69) is 0 Å². The lowest BCUT2D eigenvalue weighted by atomic mass is 9.92. The molecule has 0 saturated heterocycles. The Morgan fingerprint density at radius 3 is 2.59 bits per heavy atom. The van der Waals surface area contributed by atoms with Crippen molar-refractivity contribution in [2.24, 2.45) is 0 Å². The van der Waals surface area contributed by atoms with Gasteiger partial charge in [-0.25, -0.2) is 4.79 Å². The van der Waals surface area contributed by atoms with Crippen LogP contribution in [0.2, 0.25) is 0 Å². The molecule has 1 unspecified atom stereocenters. The minimum absolute atomic E-state index is 0.177. The van der Waals surface area contributed by atoms with Crippen LogP contribution < -0.4 is 0 Å². The van der Waals surface area contributed by atoms with E-state index in [9.17, 15) is 19.5 Å². The number of carbonyl (C=O) groups excluding carboxylic acids is 2. The van der Waals surface area contributed by atoms with Gasteiger partial charge in [-0.2, -0.15) is 0 Å². The van der Waals surface area contributed by atoms with Gasteiger partial charge < -0.3 is 10.0 Å². The van der Waals surface area contributed by atoms with Gasteiger partial charge in [0.05, 0.1) is 6.54 Å². The molecular weight excluding hydrogens is 222 g/mol. The number of hydrogen-bond donors (Lipinski definition) is 1. The predicted octanol–water partition coefficient (Wildman–Crippen LogP) is 0.857. The Labute approximate surface area is 97.7 Å². The van der Waals surface area contributed by atoms with E-state index in [1.165, 1.54) is 6.92 Å². The molecular formula is C12H11NO4. The van der Waals surface area contributed by atoms with E-state index in [1.807, 2.05) is 0 Å². The van der Waals surface area contributed by atoms with E-state index >= 15 is 0 Å². The molecule has 0 aromatic heterocycles. The smallest absolute Gasteiger partial charge is 0.331 e. The van der Waals surface area contributed by atoms with Gasteiger partial charge in [0.15, 0.2) is 11.8 Å². The van der Waals surface area contributed by atoms with Gasteiger partial charge in [0, 0.05) is 12.5 Å². The number of amides is 1. The highest BCUT2D eigenvalue weighted by Crippen LogP contribution is 2.29. The first-order valence-electron chi connectivity index (χ1n) is 5.14. The fourth-order valence-corrected chi connectivity index (χ4v) is 2.05. The minimum Gasteiger partial charge on any atom is -0.479 e. The molecule has 0 radical (unpaired) electrons. The van der Waals surface area contributed by atoms with Gasteiger partial charge in [-0.05, 0) is 5.56 Å². The number of aliphatic carboxylic acids is 1. The lowest BCUT2D eigenvalue weighted by molar-refractivity contribution is -0.149. The summed E-state index contributed by atoms with van der Waals surface area (Å²) in [6.07, 6.45) is 0. The summed E-state index contributed by atoms with van der Waals surface area (Å²) >= 11 is 0. The van der Waals surface area contributed by atoms with Gasteiger partial charge in [0.2, 0.25) is 5.91 Å². The number of rotatable bonds is 1. The van der Waals surface area contributed by atoms with Crippen LogP contribution >= 0.6 is 0 Å². The van der Waals surface area contributed by atoms with Gasteiger partial charge in [-0.1, -0.05) is 24.3 Å². The summed E-state index contributed by atoms with van der Waals surface area (Å²) in [5.41, 5.74) is 0.767. The van der Waals surface area contributed by atoms with Crippen LogP contribution in [-0.2, 0) is 9.59 Å². The SMILES string of the molecule is CC(=O)N1CC(=O)c2ccccc2C1C(=O)O. The number of carboxylic acid groups (broad SMARTS) is 1. The number of carbonyl (C=O) groups is 3. The molecule has 17 heavy (non-hydrogen) atoms. The van der Waals surface area contributed by atoms with Gasteiger partial charge in [-0.15, -0.1) is 0 Å². The van der Waals surface area contributed by atoms with Crippen LogP contribution in [-0.4, -0.2) is 34.2 Å². The zero-order valence-electron chi connectivity index (χ0n) is 9.21. The largest absolute Gasteiger partial charge is 0.479 e. The summed E-state index contributed by atoms with van der Waals surface area (Å²) in [5.74, 6) is -1.77. The first-order chi connectivity index (χ1) is 8.02. The van der Waals surface area contributed by atoms with Crippen LogP contribution in [0.4, 0.5) is 0 Å². The lowest BCUT2D eigenvalue weighted by Crippen LogP contribution is -2.45. The van der Waals surface area contributed by atoms with Crippen molar-refractivity contribution in [3.05, 3.63) is 35.4 Å². The van der Waals surface area contributed by atoms with E-state index in [4.69, 9.17) is 0 Å². The highest BCUT2D eigenvalue weighted by Gasteiger charge is 2.37. The molecule has 1 aromatic carbocycles. The molecule has 1 aromatic rings. The molecule has 1 aliphatic heterocycles. The maximum atomic E-state index is 11.8. The zero-order valence-corrected chi connectivity index (χ0v) is 9.21. The number of ketones is 1. The Morgan fingerprint density at radius 2 is 2.00 bits per heavy atom.